The van der Waals surface area contributed by atoms with Gasteiger partial charge in [-0.05, 0) is 60.7 Å². The molecule has 0 aliphatic heterocycles. The molecule has 1 aromatic carbocycles. The van der Waals surface area contributed by atoms with E-state index in [1.165, 1.54) is 18.2 Å². The number of carbonyl (C=O) groups excluding carboxylic acids is 1. The summed E-state index contributed by atoms with van der Waals surface area (Å²) >= 11 is 0. The highest BCUT2D eigenvalue weighted by molar-refractivity contribution is 6.74. The lowest BCUT2D eigenvalue weighted by Crippen LogP contribution is -2.52. The first kappa shape index (κ1) is 25.8. The Morgan fingerprint density at radius 2 is 1.88 bits per heavy atom. The lowest BCUT2D eigenvalue weighted by molar-refractivity contribution is -0.138. The normalized spacial score (nSPS) is 23.0. The molecule has 1 aromatic rings. The van der Waals surface area contributed by atoms with Crippen molar-refractivity contribution in [2.75, 3.05) is 34.7 Å². The number of allylic oxidation sites excluding steroid dienone is 1. The largest absolute Gasteiger partial charge is 0.497 e. The molecule has 2 atom stereocenters. The molecule has 0 N–H and O–H groups in total. The number of hydrogen-bond acceptors (Lipinski definition) is 6. The number of fused-ring (bicyclic) bond motifs is 3. The van der Waals surface area contributed by atoms with Crippen LogP contribution in [0.2, 0.25) is 18.1 Å². The van der Waals surface area contributed by atoms with Crippen molar-refractivity contribution in [3.05, 3.63) is 40.7 Å². The standard InChI is InChI=1S/C26H40O6Si/c1-25(2,3)33(7,8)32-16-26-14-13-22(31-17-28-4)23(24(27)30-6)21(26)11-9-18-15-19(29-5)10-12-20(18)26/h10,12,15,21H,9,11,13-14,16-17H2,1-8H3/t21-,26-/m1/s1. The fourth-order valence-corrected chi connectivity index (χ4v) is 6.02. The number of hydrogen-bond donors (Lipinski definition) is 0. The summed E-state index contributed by atoms with van der Waals surface area (Å²) in [6.07, 6.45) is 3.16. The van der Waals surface area contributed by atoms with Crippen LogP contribution in [0.3, 0.4) is 0 Å². The molecule has 33 heavy (non-hydrogen) atoms. The van der Waals surface area contributed by atoms with Crippen LogP contribution in [-0.2, 0) is 35.3 Å². The SMILES string of the molecule is COCOC1=C(C(=O)OC)[C@H]2CCc3cc(OC)ccc3[C@]2(CO[Si](C)(C)C(C)(C)C)CC1. The summed E-state index contributed by atoms with van der Waals surface area (Å²) in [5, 5.41) is 0.0962. The van der Waals surface area contributed by atoms with E-state index in [2.05, 4.69) is 46.0 Å². The average Bonchev–Trinajstić information content (AvgIpc) is 2.79. The van der Waals surface area contributed by atoms with Crippen molar-refractivity contribution in [1.82, 2.24) is 0 Å². The van der Waals surface area contributed by atoms with Crippen LogP contribution in [0.4, 0.5) is 0 Å². The van der Waals surface area contributed by atoms with Gasteiger partial charge >= 0.3 is 5.97 Å². The van der Waals surface area contributed by atoms with E-state index in [9.17, 15) is 4.79 Å². The van der Waals surface area contributed by atoms with E-state index >= 15 is 0 Å². The molecule has 0 heterocycles. The Morgan fingerprint density at radius 1 is 1.15 bits per heavy atom. The third-order valence-electron chi connectivity index (χ3n) is 7.92. The van der Waals surface area contributed by atoms with E-state index in [1.807, 2.05) is 6.07 Å². The first-order valence-corrected chi connectivity index (χ1v) is 14.7. The van der Waals surface area contributed by atoms with Gasteiger partial charge in [-0.1, -0.05) is 26.8 Å². The highest BCUT2D eigenvalue weighted by Crippen LogP contribution is 2.54. The van der Waals surface area contributed by atoms with Gasteiger partial charge in [-0.3, -0.25) is 0 Å². The molecule has 0 fully saturated rings. The molecule has 7 heteroatoms. The van der Waals surface area contributed by atoms with Gasteiger partial charge in [0.2, 0.25) is 0 Å². The van der Waals surface area contributed by atoms with Crippen molar-refractivity contribution >= 4 is 14.3 Å². The Balaban J connectivity index is 2.13. The molecule has 3 rings (SSSR count). The maximum absolute atomic E-state index is 13.1. The van der Waals surface area contributed by atoms with E-state index in [-0.39, 0.29) is 29.1 Å². The summed E-state index contributed by atoms with van der Waals surface area (Å²) in [7, 11) is 2.71. The number of esters is 1. The summed E-state index contributed by atoms with van der Waals surface area (Å²) in [6, 6.07) is 6.33. The highest BCUT2D eigenvalue weighted by atomic mass is 28.4. The van der Waals surface area contributed by atoms with E-state index in [0.29, 0.717) is 24.4 Å². The predicted octanol–water partition coefficient (Wildman–Crippen LogP) is 5.36. The highest BCUT2D eigenvalue weighted by Gasteiger charge is 2.52. The second-order valence-electron chi connectivity index (χ2n) is 10.7. The summed E-state index contributed by atoms with van der Waals surface area (Å²) in [6.45, 7) is 12.0. The monoisotopic (exact) mass is 476 g/mol. The lowest BCUT2D eigenvalue weighted by atomic mass is 9.57. The maximum Gasteiger partial charge on any atom is 0.337 e. The molecule has 0 saturated carbocycles. The second-order valence-corrected chi connectivity index (χ2v) is 15.5. The zero-order chi connectivity index (χ0) is 24.4. The molecule has 0 spiro atoms. The number of benzene rings is 1. The maximum atomic E-state index is 13.1. The van der Waals surface area contributed by atoms with Crippen LogP contribution in [0, 0.1) is 5.92 Å². The van der Waals surface area contributed by atoms with Crippen molar-refractivity contribution in [2.45, 2.75) is 70.0 Å². The van der Waals surface area contributed by atoms with Gasteiger partial charge in [-0.25, -0.2) is 4.79 Å². The van der Waals surface area contributed by atoms with Gasteiger partial charge in [0.1, 0.15) is 11.5 Å². The van der Waals surface area contributed by atoms with Crippen molar-refractivity contribution in [3.63, 3.8) is 0 Å². The lowest BCUT2D eigenvalue weighted by Gasteiger charge is -2.50. The van der Waals surface area contributed by atoms with Gasteiger partial charge < -0.3 is 23.4 Å². The Bertz CT molecular complexity index is 901. The zero-order valence-electron chi connectivity index (χ0n) is 21.5. The third-order valence-corrected chi connectivity index (χ3v) is 12.4. The minimum Gasteiger partial charge on any atom is -0.497 e. The number of ether oxygens (including phenoxy) is 4. The van der Waals surface area contributed by atoms with Gasteiger partial charge in [-0.2, -0.15) is 0 Å². The Labute approximate surface area is 199 Å². The number of methoxy groups -OCH3 is 3. The summed E-state index contributed by atoms with van der Waals surface area (Å²) < 4.78 is 28.6. The van der Waals surface area contributed by atoms with Gasteiger partial charge in [0.15, 0.2) is 15.1 Å². The van der Waals surface area contributed by atoms with Gasteiger partial charge in [0, 0.05) is 31.5 Å². The Morgan fingerprint density at radius 3 is 2.48 bits per heavy atom. The third kappa shape index (κ3) is 4.86. The number of carbonyl (C=O) groups is 1. The predicted molar refractivity (Wildman–Crippen MR) is 131 cm³/mol. The van der Waals surface area contributed by atoms with Crippen LogP contribution in [0.1, 0.15) is 51.2 Å². The smallest absolute Gasteiger partial charge is 0.337 e. The molecule has 2 aliphatic rings. The van der Waals surface area contributed by atoms with Crippen LogP contribution < -0.4 is 4.74 Å². The Kier molecular flexibility index (Phi) is 7.66. The van der Waals surface area contributed by atoms with E-state index in [0.717, 1.165) is 25.0 Å². The first-order chi connectivity index (χ1) is 15.5. The van der Waals surface area contributed by atoms with E-state index < -0.39 is 8.32 Å². The average molecular weight is 477 g/mol. The van der Waals surface area contributed by atoms with Gasteiger partial charge in [0.05, 0.1) is 19.8 Å². The van der Waals surface area contributed by atoms with Crippen LogP contribution in [0.5, 0.6) is 5.75 Å². The van der Waals surface area contributed by atoms with Crippen LogP contribution in [0.25, 0.3) is 0 Å². The van der Waals surface area contributed by atoms with Gasteiger partial charge in [0.25, 0.3) is 0 Å². The molecule has 184 valence electrons. The molecule has 0 aromatic heterocycles. The van der Waals surface area contributed by atoms with Crippen molar-refractivity contribution in [2.24, 2.45) is 5.92 Å². The number of aryl methyl sites for hydroxylation is 1. The van der Waals surface area contributed by atoms with Gasteiger partial charge in [-0.15, -0.1) is 0 Å². The summed E-state index contributed by atoms with van der Waals surface area (Å²) in [4.78, 5) is 13.1. The minimum atomic E-state index is -2.01. The fraction of sp³-hybridized carbons (Fsp3) is 0.654. The van der Waals surface area contributed by atoms with Crippen molar-refractivity contribution in [3.8, 4) is 5.75 Å². The molecule has 0 saturated heterocycles. The molecule has 0 radical (unpaired) electrons. The molecule has 6 nitrogen and oxygen atoms in total. The number of rotatable bonds is 8. The van der Waals surface area contributed by atoms with Crippen LogP contribution >= 0.6 is 0 Å². The Hall–Kier alpha value is -1.83. The van der Waals surface area contributed by atoms with Crippen LogP contribution in [-0.4, -0.2) is 49.0 Å². The molecular weight excluding hydrogens is 436 g/mol. The van der Waals surface area contributed by atoms with E-state index in [4.69, 9.17) is 23.4 Å². The first-order valence-electron chi connectivity index (χ1n) is 11.7. The molecule has 2 aliphatic carbocycles. The summed E-state index contributed by atoms with van der Waals surface area (Å²) in [5.41, 5.74) is 2.85. The fourth-order valence-electron chi connectivity index (χ4n) is 4.97. The molecule has 0 amide bonds. The van der Waals surface area contributed by atoms with Crippen molar-refractivity contribution < 1.29 is 28.2 Å². The van der Waals surface area contributed by atoms with E-state index in [1.54, 1.807) is 14.2 Å². The molecule has 0 bridgehead atoms. The zero-order valence-corrected chi connectivity index (χ0v) is 22.5. The second kappa shape index (κ2) is 9.80. The molecular formula is C26H40O6Si. The van der Waals surface area contributed by atoms with Crippen molar-refractivity contribution in [1.29, 1.82) is 0 Å². The minimum absolute atomic E-state index is 0.0452. The quantitative estimate of drug-likeness (QED) is 0.286. The van der Waals surface area contributed by atoms with Crippen LogP contribution in [0.15, 0.2) is 29.5 Å². The topological polar surface area (TPSA) is 63.2 Å². The summed E-state index contributed by atoms with van der Waals surface area (Å²) in [5.74, 6) is 1.18. The molecule has 0 unspecified atom stereocenters.